The van der Waals surface area contributed by atoms with E-state index in [0.29, 0.717) is 0 Å². The highest BCUT2D eigenvalue weighted by Crippen LogP contribution is 2.25. The van der Waals surface area contributed by atoms with Gasteiger partial charge in [0, 0.05) is 31.3 Å². The highest BCUT2D eigenvalue weighted by molar-refractivity contribution is 5.41. The third-order valence-corrected chi connectivity index (χ3v) is 4.94. The first-order valence-corrected chi connectivity index (χ1v) is 7.82. The molecule has 2 aliphatic heterocycles. The number of likely N-dealkylation sites (tertiary alicyclic amines) is 1. The van der Waals surface area contributed by atoms with Gasteiger partial charge in [0.15, 0.2) is 0 Å². The minimum Gasteiger partial charge on any atom is -0.303 e. The first kappa shape index (κ1) is 14.5. The van der Waals surface area contributed by atoms with E-state index < -0.39 is 0 Å². The van der Waals surface area contributed by atoms with Crippen molar-refractivity contribution in [1.82, 2.24) is 9.80 Å². The first-order valence-electron chi connectivity index (χ1n) is 7.82. The molecule has 21 heavy (non-hydrogen) atoms. The van der Waals surface area contributed by atoms with E-state index in [1.165, 1.54) is 31.4 Å². The lowest BCUT2D eigenvalue weighted by Crippen LogP contribution is -2.35. The minimum atomic E-state index is -0.299. The van der Waals surface area contributed by atoms with Crippen LogP contribution in [0, 0.1) is 10.1 Å². The number of benzene rings is 1. The van der Waals surface area contributed by atoms with Crippen LogP contribution >= 0.6 is 0 Å². The van der Waals surface area contributed by atoms with Crippen LogP contribution in [-0.2, 0) is 13.0 Å². The van der Waals surface area contributed by atoms with Crippen molar-refractivity contribution in [1.29, 1.82) is 0 Å². The third kappa shape index (κ3) is 3.24. The van der Waals surface area contributed by atoms with Crippen LogP contribution < -0.4 is 0 Å². The second kappa shape index (κ2) is 6.12. The first-order chi connectivity index (χ1) is 10.1. The van der Waals surface area contributed by atoms with E-state index in [9.17, 15) is 10.1 Å². The van der Waals surface area contributed by atoms with Crippen LogP contribution in [-0.4, -0.2) is 47.4 Å². The lowest BCUT2D eigenvalue weighted by molar-refractivity contribution is -0.385. The van der Waals surface area contributed by atoms with Crippen LogP contribution in [0.15, 0.2) is 18.2 Å². The molecule has 0 spiro atoms. The summed E-state index contributed by atoms with van der Waals surface area (Å²) < 4.78 is 0. The van der Waals surface area contributed by atoms with Crippen LogP contribution in [0.25, 0.3) is 0 Å². The van der Waals surface area contributed by atoms with Gasteiger partial charge in [-0.3, -0.25) is 15.0 Å². The minimum absolute atomic E-state index is 0.214. The van der Waals surface area contributed by atoms with Gasteiger partial charge in [0.05, 0.1) is 4.92 Å². The number of hydrogen-bond acceptors (Lipinski definition) is 4. The van der Waals surface area contributed by atoms with Gasteiger partial charge in [-0.1, -0.05) is 6.07 Å². The van der Waals surface area contributed by atoms with Gasteiger partial charge in [0.25, 0.3) is 5.69 Å². The molecule has 0 saturated carbocycles. The van der Waals surface area contributed by atoms with Gasteiger partial charge in [-0.2, -0.15) is 0 Å². The summed E-state index contributed by atoms with van der Waals surface area (Å²) in [6.45, 7) is 4.24. The van der Waals surface area contributed by atoms with E-state index in [2.05, 4.69) is 16.8 Å². The molecule has 0 radical (unpaired) electrons. The topological polar surface area (TPSA) is 49.6 Å². The zero-order valence-corrected chi connectivity index (χ0v) is 12.6. The molecule has 1 saturated heterocycles. The number of nitro groups is 1. The fourth-order valence-electron chi connectivity index (χ4n) is 3.58. The summed E-state index contributed by atoms with van der Waals surface area (Å²) in [6.07, 6.45) is 4.84. The normalized spacial score (nSPS) is 23.2. The molecule has 2 aliphatic rings. The Balaban J connectivity index is 1.61. The Morgan fingerprint density at radius 3 is 2.90 bits per heavy atom. The quantitative estimate of drug-likeness (QED) is 0.631. The predicted molar refractivity (Wildman–Crippen MR) is 82.3 cm³/mol. The molecule has 1 fully saturated rings. The number of hydrogen-bond donors (Lipinski definition) is 0. The Bertz CT molecular complexity index is 532. The summed E-state index contributed by atoms with van der Waals surface area (Å²) in [7, 11) is 2.21. The van der Waals surface area contributed by atoms with Crippen molar-refractivity contribution in [3.63, 3.8) is 0 Å². The summed E-state index contributed by atoms with van der Waals surface area (Å²) in [5.41, 5.74) is 2.62. The van der Waals surface area contributed by atoms with Crippen molar-refractivity contribution >= 4 is 5.69 Å². The second-order valence-corrected chi connectivity index (χ2v) is 6.30. The van der Waals surface area contributed by atoms with Crippen molar-refractivity contribution in [2.75, 3.05) is 26.7 Å². The van der Waals surface area contributed by atoms with E-state index in [1.54, 1.807) is 12.1 Å². The molecule has 114 valence electrons. The van der Waals surface area contributed by atoms with Gasteiger partial charge in [-0.25, -0.2) is 0 Å². The zero-order valence-electron chi connectivity index (χ0n) is 12.6. The van der Waals surface area contributed by atoms with Crippen molar-refractivity contribution in [2.24, 2.45) is 0 Å². The van der Waals surface area contributed by atoms with E-state index in [0.717, 1.165) is 37.7 Å². The predicted octanol–water partition coefficient (Wildman–Crippen LogP) is 2.44. The Hall–Kier alpha value is -1.46. The molecule has 5 heteroatoms. The van der Waals surface area contributed by atoms with Gasteiger partial charge in [0.1, 0.15) is 0 Å². The Labute approximate surface area is 125 Å². The fourth-order valence-corrected chi connectivity index (χ4v) is 3.58. The Kier molecular flexibility index (Phi) is 4.22. The summed E-state index contributed by atoms with van der Waals surface area (Å²) in [4.78, 5) is 15.5. The average molecular weight is 289 g/mol. The van der Waals surface area contributed by atoms with Crippen LogP contribution in [0.4, 0.5) is 5.69 Å². The molecule has 1 aromatic rings. The largest absolute Gasteiger partial charge is 0.303 e. The molecule has 0 aromatic heterocycles. The number of rotatable bonds is 4. The molecule has 3 rings (SSSR count). The summed E-state index contributed by atoms with van der Waals surface area (Å²) in [6, 6.07) is 6.03. The van der Waals surface area contributed by atoms with Crippen LogP contribution in [0.5, 0.6) is 0 Å². The summed E-state index contributed by atoms with van der Waals surface area (Å²) >= 11 is 0. The molecular weight excluding hydrogens is 266 g/mol. The van der Waals surface area contributed by atoms with Gasteiger partial charge >= 0.3 is 0 Å². The van der Waals surface area contributed by atoms with Crippen LogP contribution in [0.2, 0.25) is 0 Å². The maximum absolute atomic E-state index is 10.9. The molecule has 5 nitrogen and oxygen atoms in total. The molecule has 1 aromatic carbocycles. The lowest BCUT2D eigenvalue weighted by Gasteiger charge is -2.30. The maximum Gasteiger partial charge on any atom is 0.269 e. The zero-order chi connectivity index (χ0) is 14.8. The smallest absolute Gasteiger partial charge is 0.269 e. The number of nitrogens with zero attached hydrogens (tertiary/aromatic N) is 3. The van der Waals surface area contributed by atoms with E-state index >= 15 is 0 Å². The number of nitro benzene ring substituents is 1. The number of non-ortho nitro benzene ring substituents is 1. The van der Waals surface area contributed by atoms with Gasteiger partial charge in [-0.15, -0.1) is 0 Å². The molecule has 1 atom stereocenters. The fraction of sp³-hybridized carbons (Fsp3) is 0.625. The molecule has 0 N–H and O–H groups in total. The Morgan fingerprint density at radius 1 is 1.33 bits per heavy atom. The van der Waals surface area contributed by atoms with E-state index in [-0.39, 0.29) is 10.6 Å². The summed E-state index contributed by atoms with van der Waals surface area (Å²) in [5, 5.41) is 10.9. The van der Waals surface area contributed by atoms with Gasteiger partial charge < -0.3 is 4.90 Å². The molecule has 2 heterocycles. The van der Waals surface area contributed by atoms with E-state index in [4.69, 9.17) is 0 Å². The maximum atomic E-state index is 10.9. The summed E-state index contributed by atoms with van der Waals surface area (Å²) in [5.74, 6) is 0. The molecular formula is C16H23N3O2. The Morgan fingerprint density at radius 2 is 2.19 bits per heavy atom. The van der Waals surface area contributed by atoms with Crippen molar-refractivity contribution in [3.05, 3.63) is 39.4 Å². The molecule has 0 bridgehead atoms. The highest BCUT2D eigenvalue weighted by atomic mass is 16.6. The van der Waals surface area contributed by atoms with Crippen LogP contribution in [0.1, 0.15) is 30.4 Å². The van der Waals surface area contributed by atoms with E-state index in [1.807, 2.05) is 6.07 Å². The third-order valence-electron chi connectivity index (χ3n) is 4.94. The molecule has 0 aliphatic carbocycles. The van der Waals surface area contributed by atoms with Crippen molar-refractivity contribution in [3.8, 4) is 0 Å². The van der Waals surface area contributed by atoms with Crippen molar-refractivity contribution in [2.45, 2.75) is 38.3 Å². The number of fused-ring (bicyclic) bond motifs is 1. The standard InChI is InChI=1S/C16H23N3O2/c1-17-8-2-3-15(17)7-10-18-9-6-13-4-5-16(19(20)21)11-14(13)12-18/h4-5,11,15H,2-3,6-10,12H2,1H3/t15-/m0/s1. The second-order valence-electron chi connectivity index (χ2n) is 6.30. The van der Waals surface area contributed by atoms with Crippen LogP contribution in [0.3, 0.4) is 0 Å². The van der Waals surface area contributed by atoms with Crippen molar-refractivity contribution < 1.29 is 4.92 Å². The SMILES string of the molecule is CN1CCC[C@H]1CCN1CCc2ccc([N+](=O)[O-])cc2C1. The lowest BCUT2D eigenvalue weighted by atomic mass is 9.98. The highest BCUT2D eigenvalue weighted by Gasteiger charge is 2.23. The van der Waals surface area contributed by atoms with Gasteiger partial charge in [-0.05, 0) is 56.9 Å². The molecule has 0 unspecified atom stereocenters. The average Bonchev–Trinajstić information content (AvgIpc) is 2.89. The molecule has 0 amide bonds. The monoisotopic (exact) mass is 289 g/mol. The van der Waals surface area contributed by atoms with Gasteiger partial charge in [0.2, 0.25) is 0 Å².